The lowest BCUT2D eigenvalue weighted by molar-refractivity contribution is 0.0957. The number of anilines is 1. The number of hydrazine groups is 1. The number of fused-ring (bicyclic) bond motifs is 1. The van der Waals surface area contributed by atoms with Gasteiger partial charge in [-0.2, -0.15) is 5.10 Å². The number of amides is 1. The molecule has 2 N–H and O–H groups in total. The van der Waals surface area contributed by atoms with Gasteiger partial charge >= 0.3 is 0 Å². The zero-order valence-electron chi connectivity index (χ0n) is 13.4. The summed E-state index contributed by atoms with van der Waals surface area (Å²) in [5, 5.41) is 4.05. The van der Waals surface area contributed by atoms with Gasteiger partial charge in [0.1, 0.15) is 5.69 Å². The average molecular weight is 384 g/mol. The third-order valence-corrected chi connectivity index (χ3v) is 3.68. The Bertz CT molecular complexity index is 1120. The normalized spacial score (nSPS) is 10.9. The van der Waals surface area contributed by atoms with Gasteiger partial charge in [-0.15, -0.1) is 0 Å². The third kappa shape index (κ3) is 2.96. The van der Waals surface area contributed by atoms with Crippen molar-refractivity contribution >= 4 is 22.4 Å². The topological polar surface area (TPSA) is 76.0 Å². The Morgan fingerprint density at radius 3 is 2.04 bits per heavy atom. The van der Waals surface area contributed by atoms with E-state index in [4.69, 9.17) is 0 Å². The van der Waals surface area contributed by atoms with Gasteiger partial charge in [0, 0.05) is 12.4 Å². The smallest absolute Gasteiger partial charge is 0.290 e. The summed E-state index contributed by atoms with van der Waals surface area (Å²) in [6.07, 6.45) is 0. The average Bonchev–Trinajstić information content (AvgIpc) is 2.67. The molecule has 140 valence electrons. The van der Waals surface area contributed by atoms with Crippen LogP contribution in [-0.2, 0) is 7.05 Å². The van der Waals surface area contributed by atoms with E-state index in [-0.39, 0.29) is 16.5 Å². The highest BCUT2D eigenvalue weighted by molar-refractivity contribution is 6.05. The second-order valence-corrected chi connectivity index (χ2v) is 5.35. The minimum atomic E-state index is -2.33. The quantitative estimate of drug-likeness (QED) is 0.315. The number of carbonyl (C=O) groups is 1. The maximum absolute atomic E-state index is 13.6. The number of benzene rings is 2. The van der Waals surface area contributed by atoms with Crippen LogP contribution in [0.4, 0.5) is 27.6 Å². The molecule has 0 fully saturated rings. The van der Waals surface area contributed by atoms with Crippen LogP contribution in [0, 0.1) is 29.1 Å². The molecule has 0 saturated heterocycles. The second kappa shape index (κ2) is 6.67. The molecule has 6 nitrogen and oxygen atoms in total. The van der Waals surface area contributed by atoms with E-state index in [0.717, 1.165) is 4.68 Å². The lowest BCUT2D eigenvalue weighted by Gasteiger charge is -2.13. The monoisotopic (exact) mass is 384 g/mol. The number of hydrogen-bond donors (Lipinski definition) is 2. The molecular weight excluding hydrogens is 375 g/mol. The summed E-state index contributed by atoms with van der Waals surface area (Å²) in [5.41, 5.74) is 1.24. The van der Waals surface area contributed by atoms with Crippen LogP contribution in [0.2, 0.25) is 0 Å². The van der Waals surface area contributed by atoms with Gasteiger partial charge < -0.3 is 0 Å². The molecule has 1 aromatic heterocycles. The molecule has 27 heavy (non-hydrogen) atoms. The van der Waals surface area contributed by atoms with E-state index in [9.17, 15) is 31.5 Å². The van der Waals surface area contributed by atoms with Gasteiger partial charge in [-0.1, -0.05) is 18.2 Å². The van der Waals surface area contributed by atoms with Crippen LogP contribution in [0.1, 0.15) is 10.5 Å². The van der Waals surface area contributed by atoms with E-state index in [1.54, 1.807) is 11.5 Å². The highest BCUT2D eigenvalue weighted by Crippen LogP contribution is 2.26. The molecular formula is C16H9F5N4O2. The molecule has 0 aliphatic heterocycles. The van der Waals surface area contributed by atoms with Crippen molar-refractivity contribution < 1.29 is 26.7 Å². The van der Waals surface area contributed by atoms with Crippen LogP contribution < -0.4 is 16.4 Å². The predicted molar refractivity (Wildman–Crippen MR) is 84.3 cm³/mol. The van der Waals surface area contributed by atoms with Crippen LogP contribution >= 0.6 is 0 Å². The molecule has 0 aliphatic rings. The summed E-state index contributed by atoms with van der Waals surface area (Å²) >= 11 is 0. The SMILES string of the molecule is Cn1nc(C(=O)NNc2c(F)c(F)c(F)c(F)c2F)c2ccccc2c1=O. The van der Waals surface area contributed by atoms with E-state index in [1.165, 1.54) is 25.2 Å². The maximum atomic E-state index is 13.6. The standard InChI is InChI=1S/C16H9F5N4O2/c1-25-16(27)7-5-3-2-4-6(7)13(24-25)15(26)23-22-14-11(20)9(18)8(17)10(19)12(14)21/h2-5,22H,1H3,(H,23,26). The number of carbonyl (C=O) groups excluding carboxylic acids is 1. The Kier molecular flexibility index (Phi) is 4.52. The van der Waals surface area contributed by atoms with Crippen molar-refractivity contribution in [3.05, 3.63) is 69.4 Å². The Morgan fingerprint density at radius 2 is 1.44 bits per heavy atom. The molecule has 0 atom stereocenters. The highest BCUT2D eigenvalue weighted by Gasteiger charge is 2.26. The van der Waals surface area contributed by atoms with Gasteiger partial charge in [0.25, 0.3) is 11.5 Å². The Hall–Kier alpha value is -3.50. The van der Waals surface area contributed by atoms with Gasteiger partial charge in [0.15, 0.2) is 29.0 Å². The van der Waals surface area contributed by atoms with E-state index in [1.807, 2.05) is 5.43 Å². The Balaban J connectivity index is 1.98. The molecule has 1 amide bonds. The number of nitrogens with one attached hydrogen (secondary N) is 2. The lowest BCUT2D eigenvalue weighted by Crippen LogP contribution is -2.34. The zero-order chi connectivity index (χ0) is 19.9. The summed E-state index contributed by atoms with van der Waals surface area (Å²) in [7, 11) is 1.28. The second-order valence-electron chi connectivity index (χ2n) is 5.35. The Labute approximate surface area is 147 Å². The Morgan fingerprint density at radius 1 is 0.926 bits per heavy atom. The molecule has 0 saturated carbocycles. The fraction of sp³-hybridized carbons (Fsp3) is 0.0625. The van der Waals surface area contributed by atoms with Crippen LogP contribution in [0.25, 0.3) is 10.8 Å². The number of halogens is 5. The summed E-state index contributed by atoms with van der Waals surface area (Å²) in [5.74, 6) is -12.0. The first-order valence-electron chi connectivity index (χ1n) is 7.27. The number of aromatic nitrogens is 2. The molecule has 0 radical (unpaired) electrons. The molecule has 1 heterocycles. The van der Waals surface area contributed by atoms with E-state index >= 15 is 0 Å². The van der Waals surface area contributed by atoms with Crippen molar-refractivity contribution in [3.8, 4) is 0 Å². The van der Waals surface area contributed by atoms with Gasteiger partial charge in [-0.3, -0.25) is 20.4 Å². The van der Waals surface area contributed by atoms with Gasteiger partial charge in [-0.05, 0) is 6.07 Å². The first kappa shape index (κ1) is 18.3. The summed E-state index contributed by atoms with van der Waals surface area (Å²) in [6, 6.07) is 5.93. The van der Waals surface area contributed by atoms with Crippen molar-refractivity contribution in [2.75, 3.05) is 5.43 Å². The van der Waals surface area contributed by atoms with E-state index < -0.39 is 46.2 Å². The van der Waals surface area contributed by atoms with E-state index in [2.05, 4.69) is 5.10 Å². The van der Waals surface area contributed by atoms with Gasteiger partial charge in [0.05, 0.1) is 5.39 Å². The minimum Gasteiger partial charge on any atom is -0.293 e. The highest BCUT2D eigenvalue weighted by atomic mass is 19.2. The fourth-order valence-corrected chi connectivity index (χ4v) is 2.36. The van der Waals surface area contributed by atoms with Crippen molar-refractivity contribution in [3.63, 3.8) is 0 Å². The van der Waals surface area contributed by atoms with Crippen LogP contribution in [0.5, 0.6) is 0 Å². The van der Waals surface area contributed by atoms with Crippen LogP contribution in [0.3, 0.4) is 0 Å². The van der Waals surface area contributed by atoms with Gasteiger partial charge in [-0.25, -0.2) is 26.6 Å². The number of rotatable bonds is 3. The van der Waals surface area contributed by atoms with Crippen LogP contribution in [-0.4, -0.2) is 15.7 Å². The van der Waals surface area contributed by atoms with Crippen molar-refractivity contribution in [1.29, 1.82) is 0 Å². The molecule has 0 aliphatic carbocycles. The molecule has 0 spiro atoms. The number of aryl methyl sites for hydroxylation is 1. The largest absolute Gasteiger partial charge is 0.293 e. The van der Waals surface area contributed by atoms with Gasteiger partial charge in [0.2, 0.25) is 5.82 Å². The zero-order valence-corrected chi connectivity index (χ0v) is 13.4. The van der Waals surface area contributed by atoms with E-state index in [0.29, 0.717) is 0 Å². The molecule has 3 aromatic rings. The molecule has 0 bridgehead atoms. The first-order valence-corrected chi connectivity index (χ1v) is 7.27. The summed E-state index contributed by atoms with van der Waals surface area (Å²) < 4.78 is 67.5. The van der Waals surface area contributed by atoms with Crippen molar-refractivity contribution in [1.82, 2.24) is 15.2 Å². The summed E-state index contributed by atoms with van der Waals surface area (Å²) in [6.45, 7) is 0. The molecule has 2 aromatic carbocycles. The van der Waals surface area contributed by atoms with Crippen LogP contribution in [0.15, 0.2) is 29.1 Å². The lowest BCUT2D eigenvalue weighted by atomic mass is 10.1. The maximum Gasteiger partial charge on any atom is 0.290 e. The number of hydrogen-bond acceptors (Lipinski definition) is 4. The predicted octanol–water partition coefficient (Wildman–Crippen LogP) is 2.39. The molecule has 0 unspecified atom stereocenters. The van der Waals surface area contributed by atoms with Crippen molar-refractivity contribution in [2.45, 2.75) is 0 Å². The first-order chi connectivity index (χ1) is 12.7. The molecule has 11 heteroatoms. The van der Waals surface area contributed by atoms with Crippen molar-refractivity contribution in [2.24, 2.45) is 7.05 Å². The number of nitrogens with zero attached hydrogens (tertiary/aromatic N) is 2. The fourth-order valence-electron chi connectivity index (χ4n) is 2.36. The summed E-state index contributed by atoms with van der Waals surface area (Å²) in [4.78, 5) is 24.3. The minimum absolute atomic E-state index is 0.136. The molecule has 3 rings (SSSR count). The third-order valence-electron chi connectivity index (χ3n) is 3.68.